The number of hydrogen-bond donors (Lipinski definition) is 0. The Bertz CT molecular complexity index is 802. The first-order chi connectivity index (χ1) is 13.5. The minimum Gasteiger partial charge on any atom is -0.490 e. The summed E-state index contributed by atoms with van der Waals surface area (Å²) in [4.78, 5) is 16.4. The normalized spacial score (nSPS) is 18.9. The van der Waals surface area contributed by atoms with Crippen LogP contribution in [0.3, 0.4) is 0 Å². The van der Waals surface area contributed by atoms with E-state index in [1.54, 1.807) is 4.90 Å². The molecular weight excluding hydrogens is 372 g/mol. The molecular formula is C23H27ClN2O2. The molecule has 1 amide bonds. The lowest BCUT2D eigenvalue weighted by Crippen LogP contribution is -2.28. The molecule has 5 heteroatoms. The molecule has 1 aliphatic rings. The zero-order valence-corrected chi connectivity index (χ0v) is 17.2. The van der Waals surface area contributed by atoms with Crippen LogP contribution in [0.15, 0.2) is 61.2 Å². The van der Waals surface area contributed by atoms with Crippen LogP contribution in [0.5, 0.6) is 5.75 Å². The summed E-state index contributed by atoms with van der Waals surface area (Å²) >= 11 is 5.96. The summed E-state index contributed by atoms with van der Waals surface area (Å²) in [5.41, 5.74) is 1.81. The van der Waals surface area contributed by atoms with Crippen LogP contribution in [0.25, 0.3) is 0 Å². The first-order valence-corrected chi connectivity index (χ1v) is 9.95. The highest BCUT2D eigenvalue weighted by Crippen LogP contribution is 2.28. The number of halogens is 1. The standard InChI is InChI=1S/C23H27ClN2O2/c1-4-23(27)26(16-17-5-7-18(24)8-6-17)19-9-12-21(13-10-19)28-22-14-11-20(15-22)25(2)3/h4-10,12-13,20,22H,1,11,14-16H2,2-3H3/t20-,22-/m1/s1. The van der Waals surface area contributed by atoms with Gasteiger partial charge in [0.15, 0.2) is 0 Å². The summed E-state index contributed by atoms with van der Waals surface area (Å²) in [6, 6.07) is 15.8. The Morgan fingerprint density at radius 3 is 2.39 bits per heavy atom. The van der Waals surface area contributed by atoms with Crippen LogP contribution in [0.2, 0.25) is 5.02 Å². The van der Waals surface area contributed by atoms with Crippen molar-refractivity contribution in [2.24, 2.45) is 0 Å². The van der Waals surface area contributed by atoms with Crippen molar-refractivity contribution in [1.29, 1.82) is 0 Å². The minimum atomic E-state index is -0.145. The number of benzene rings is 2. The largest absolute Gasteiger partial charge is 0.490 e. The summed E-state index contributed by atoms with van der Waals surface area (Å²) < 4.78 is 6.14. The molecule has 1 aliphatic carbocycles. The number of hydrogen-bond acceptors (Lipinski definition) is 3. The van der Waals surface area contributed by atoms with Crippen LogP contribution in [0, 0.1) is 0 Å². The Hall–Kier alpha value is -2.30. The molecule has 0 heterocycles. The van der Waals surface area contributed by atoms with Crippen molar-refractivity contribution in [2.75, 3.05) is 19.0 Å². The van der Waals surface area contributed by atoms with Crippen molar-refractivity contribution in [3.05, 3.63) is 71.8 Å². The van der Waals surface area contributed by atoms with E-state index in [4.69, 9.17) is 16.3 Å². The molecule has 2 aromatic rings. The summed E-state index contributed by atoms with van der Waals surface area (Å²) in [7, 11) is 4.24. The molecule has 0 unspecified atom stereocenters. The van der Waals surface area contributed by atoms with Crippen molar-refractivity contribution in [2.45, 2.75) is 38.0 Å². The van der Waals surface area contributed by atoms with E-state index < -0.39 is 0 Å². The highest BCUT2D eigenvalue weighted by molar-refractivity contribution is 6.30. The van der Waals surface area contributed by atoms with Crippen LogP contribution in [0.1, 0.15) is 24.8 Å². The minimum absolute atomic E-state index is 0.145. The van der Waals surface area contributed by atoms with E-state index >= 15 is 0 Å². The zero-order valence-electron chi connectivity index (χ0n) is 16.5. The molecule has 0 aromatic heterocycles. The van der Waals surface area contributed by atoms with Crippen molar-refractivity contribution in [3.63, 3.8) is 0 Å². The number of anilines is 1. The van der Waals surface area contributed by atoms with Gasteiger partial charge in [-0.05, 0) is 81.4 Å². The first-order valence-electron chi connectivity index (χ1n) is 9.58. The number of amides is 1. The maximum Gasteiger partial charge on any atom is 0.250 e. The maximum absolute atomic E-state index is 12.4. The number of carbonyl (C=O) groups is 1. The van der Waals surface area contributed by atoms with E-state index in [9.17, 15) is 4.79 Å². The summed E-state index contributed by atoms with van der Waals surface area (Å²) in [6.07, 6.45) is 4.87. The molecule has 2 aromatic carbocycles. The van der Waals surface area contributed by atoms with E-state index in [1.165, 1.54) is 12.5 Å². The molecule has 0 saturated heterocycles. The summed E-state index contributed by atoms with van der Waals surface area (Å²) in [6.45, 7) is 4.08. The SMILES string of the molecule is C=CC(=O)N(Cc1ccc(Cl)cc1)c1ccc(O[C@@H]2CC[C@@H](N(C)C)C2)cc1. The Morgan fingerprint density at radius 1 is 1.14 bits per heavy atom. The van der Waals surface area contributed by atoms with Gasteiger partial charge in [0.2, 0.25) is 0 Å². The third-order valence-electron chi connectivity index (χ3n) is 5.23. The number of ether oxygens (including phenoxy) is 1. The summed E-state index contributed by atoms with van der Waals surface area (Å²) in [5, 5.41) is 0.676. The Kier molecular flexibility index (Phi) is 6.76. The molecule has 1 saturated carbocycles. The fourth-order valence-electron chi connectivity index (χ4n) is 3.57. The van der Waals surface area contributed by atoms with E-state index in [-0.39, 0.29) is 12.0 Å². The van der Waals surface area contributed by atoms with E-state index in [2.05, 4.69) is 25.6 Å². The van der Waals surface area contributed by atoms with Gasteiger partial charge < -0.3 is 14.5 Å². The van der Waals surface area contributed by atoms with Crippen LogP contribution in [-0.2, 0) is 11.3 Å². The van der Waals surface area contributed by atoms with Gasteiger partial charge in [-0.15, -0.1) is 0 Å². The Balaban J connectivity index is 1.69. The third kappa shape index (κ3) is 5.15. The lowest BCUT2D eigenvalue weighted by Gasteiger charge is -2.22. The molecule has 0 bridgehead atoms. The van der Waals surface area contributed by atoms with Crippen molar-refractivity contribution in [1.82, 2.24) is 4.90 Å². The molecule has 0 aliphatic heterocycles. The third-order valence-corrected chi connectivity index (χ3v) is 5.48. The summed E-state index contributed by atoms with van der Waals surface area (Å²) in [5.74, 6) is 0.693. The lowest BCUT2D eigenvalue weighted by atomic mass is 10.2. The molecule has 0 radical (unpaired) electrons. The molecule has 28 heavy (non-hydrogen) atoms. The predicted octanol–water partition coefficient (Wildman–Crippen LogP) is 4.92. The van der Waals surface area contributed by atoms with E-state index in [0.717, 1.165) is 29.8 Å². The van der Waals surface area contributed by atoms with Crippen LogP contribution >= 0.6 is 11.6 Å². The first kappa shape index (κ1) is 20.4. The molecule has 1 fully saturated rings. The van der Waals surface area contributed by atoms with Crippen LogP contribution < -0.4 is 9.64 Å². The van der Waals surface area contributed by atoms with Crippen LogP contribution in [-0.4, -0.2) is 37.0 Å². The van der Waals surface area contributed by atoms with Crippen molar-refractivity contribution >= 4 is 23.2 Å². The molecule has 0 spiro atoms. The monoisotopic (exact) mass is 398 g/mol. The van der Waals surface area contributed by atoms with Gasteiger partial charge in [0.1, 0.15) is 11.9 Å². The molecule has 2 atom stereocenters. The fraction of sp³-hybridized carbons (Fsp3) is 0.348. The number of nitrogens with zero attached hydrogens (tertiary/aromatic N) is 2. The van der Waals surface area contributed by atoms with Crippen molar-refractivity contribution in [3.8, 4) is 5.75 Å². The fourth-order valence-corrected chi connectivity index (χ4v) is 3.70. The second-order valence-electron chi connectivity index (χ2n) is 7.42. The van der Waals surface area contributed by atoms with Gasteiger partial charge in [-0.1, -0.05) is 30.3 Å². The van der Waals surface area contributed by atoms with Gasteiger partial charge in [0.25, 0.3) is 5.91 Å². The average molecular weight is 399 g/mol. The average Bonchev–Trinajstić information content (AvgIpc) is 3.16. The maximum atomic E-state index is 12.4. The highest BCUT2D eigenvalue weighted by Gasteiger charge is 2.27. The highest BCUT2D eigenvalue weighted by atomic mass is 35.5. The van der Waals surface area contributed by atoms with Crippen molar-refractivity contribution < 1.29 is 9.53 Å². The quantitative estimate of drug-likeness (QED) is 0.620. The second kappa shape index (κ2) is 9.26. The van der Waals surface area contributed by atoms with Gasteiger partial charge in [0.05, 0.1) is 6.54 Å². The number of carbonyl (C=O) groups excluding carboxylic acids is 1. The topological polar surface area (TPSA) is 32.8 Å². The Morgan fingerprint density at radius 2 is 1.82 bits per heavy atom. The zero-order chi connectivity index (χ0) is 20.1. The second-order valence-corrected chi connectivity index (χ2v) is 7.86. The predicted molar refractivity (Wildman–Crippen MR) is 115 cm³/mol. The van der Waals surface area contributed by atoms with Gasteiger partial charge in [-0.2, -0.15) is 0 Å². The molecule has 148 valence electrons. The Labute approximate surface area is 172 Å². The van der Waals surface area contributed by atoms with E-state index in [0.29, 0.717) is 17.6 Å². The molecule has 0 N–H and O–H groups in total. The van der Waals surface area contributed by atoms with Gasteiger partial charge in [0, 0.05) is 16.8 Å². The van der Waals surface area contributed by atoms with E-state index in [1.807, 2.05) is 48.5 Å². The smallest absolute Gasteiger partial charge is 0.250 e. The lowest BCUT2D eigenvalue weighted by molar-refractivity contribution is -0.114. The van der Waals surface area contributed by atoms with Gasteiger partial charge >= 0.3 is 0 Å². The van der Waals surface area contributed by atoms with Gasteiger partial charge in [-0.25, -0.2) is 0 Å². The van der Waals surface area contributed by atoms with Crippen LogP contribution in [0.4, 0.5) is 5.69 Å². The van der Waals surface area contributed by atoms with Gasteiger partial charge in [-0.3, -0.25) is 4.79 Å². The molecule has 3 rings (SSSR count). The molecule has 4 nitrogen and oxygen atoms in total. The number of rotatable bonds is 7.